The van der Waals surface area contributed by atoms with E-state index in [0.29, 0.717) is 50.9 Å². The van der Waals surface area contributed by atoms with E-state index >= 15 is 0 Å². The minimum Gasteiger partial charge on any atom is -0.326 e. The first-order chi connectivity index (χ1) is 18.0. The van der Waals surface area contributed by atoms with Crippen molar-refractivity contribution in [2.24, 2.45) is 0 Å². The van der Waals surface area contributed by atoms with Crippen molar-refractivity contribution < 1.29 is 19.2 Å². The molecule has 10 heteroatoms. The van der Waals surface area contributed by atoms with Gasteiger partial charge in [0.1, 0.15) is 18.4 Å². The van der Waals surface area contributed by atoms with Gasteiger partial charge in [-0.2, -0.15) is 0 Å². The van der Waals surface area contributed by atoms with Crippen LogP contribution in [0.25, 0.3) is 17.1 Å². The Bertz CT molecular complexity index is 1450. The Balaban J connectivity index is 1.90. The Morgan fingerprint density at radius 2 is 1.65 bits per heavy atom. The summed E-state index contributed by atoms with van der Waals surface area (Å²) in [4.78, 5) is 53.9. The monoisotopic (exact) mass is 534 g/mol. The van der Waals surface area contributed by atoms with Crippen molar-refractivity contribution in [2.45, 2.75) is 6.54 Å². The van der Waals surface area contributed by atoms with Crippen LogP contribution in [-0.4, -0.2) is 45.9 Å². The van der Waals surface area contributed by atoms with Crippen molar-refractivity contribution in [3.8, 4) is 17.1 Å². The fourth-order valence-electron chi connectivity index (χ4n) is 3.82. The molecule has 0 fully saturated rings. The van der Waals surface area contributed by atoms with Gasteiger partial charge in [-0.05, 0) is 42.0 Å². The lowest BCUT2D eigenvalue weighted by Gasteiger charge is -2.22. The highest BCUT2D eigenvalue weighted by molar-refractivity contribution is 6.33. The molecule has 1 aromatic heterocycles. The van der Waals surface area contributed by atoms with E-state index in [1.165, 1.54) is 4.90 Å². The summed E-state index contributed by atoms with van der Waals surface area (Å²) in [5, 5.41) is 3.39. The minimum absolute atomic E-state index is 0.00271. The Kier molecular flexibility index (Phi) is 8.12. The third-order valence-corrected chi connectivity index (χ3v) is 6.13. The molecular formula is C27H20Cl2N4O4. The van der Waals surface area contributed by atoms with E-state index in [4.69, 9.17) is 23.2 Å². The first kappa shape index (κ1) is 25.8. The Labute approximate surface area is 222 Å². The standard InChI is InChI=1S/C27H20Cl2N4O4/c28-20-9-11-21(12-10-20)33-24(25(30-17-36)31-26(33)22-3-1-2-4-23(22)29)27(37)32(13-14-34)15-18-5-7-19(16-35)8-6-18/h1-12,14,16-17H,13,15H2,(H,30,36). The molecule has 8 nitrogen and oxygen atoms in total. The molecule has 4 rings (SSSR count). The summed E-state index contributed by atoms with van der Waals surface area (Å²) in [5.41, 5.74) is 2.28. The van der Waals surface area contributed by atoms with Gasteiger partial charge in [-0.25, -0.2) is 4.98 Å². The molecule has 0 radical (unpaired) electrons. The summed E-state index contributed by atoms with van der Waals surface area (Å²) >= 11 is 12.6. The average molecular weight is 535 g/mol. The molecule has 4 aromatic rings. The van der Waals surface area contributed by atoms with Crippen LogP contribution >= 0.6 is 23.2 Å². The molecule has 0 aliphatic rings. The van der Waals surface area contributed by atoms with Crippen molar-refractivity contribution in [3.63, 3.8) is 0 Å². The number of aromatic nitrogens is 2. The number of hydrogen-bond acceptors (Lipinski definition) is 5. The smallest absolute Gasteiger partial charge is 0.275 e. The molecule has 0 atom stereocenters. The van der Waals surface area contributed by atoms with Crippen LogP contribution in [0.3, 0.4) is 0 Å². The molecule has 0 saturated carbocycles. The molecular weight excluding hydrogens is 515 g/mol. The van der Waals surface area contributed by atoms with Gasteiger partial charge in [0, 0.05) is 28.4 Å². The number of amides is 2. The molecule has 1 heterocycles. The number of imidazole rings is 1. The summed E-state index contributed by atoms with van der Waals surface area (Å²) in [6.45, 7) is -0.146. The number of nitrogens with zero attached hydrogens (tertiary/aromatic N) is 3. The van der Waals surface area contributed by atoms with Crippen LogP contribution < -0.4 is 5.32 Å². The molecule has 3 aromatic carbocycles. The number of rotatable bonds is 10. The van der Waals surface area contributed by atoms with Gasteiger partial charge < -0.3 is 15.0 Å². The second-order valence-corrected chi connectivity index (χ2v) is 8.74. The van der Waals surface area contributed by atoms with Crippen LogP contribution in [0.2, 0.25) is 10.0 Å². The maximum atomic E-state index is 14.0. The lowest BCUT2D eigenvalue weighted by atomic mass is 10.1. The SMILES string of the molecule is O=CCN(Cc1ccc(C=O)cc1)C(=O)c1c(NC=O)nc(-c2ccccc2Cl)n1-c1ccc(Cl)cc1. The zero-order valence-corrected chi connectivity index (χ0v) is 20.8. The van der Waals surface area contributed by atoms with Crippen molar-refractivity contribution >= 4 is 53.9 Å². The highest BCUT2D eigenvalue weighted by Gasteiger charge is 2.29. The van der Waals surface area contributed by atoms with Crippen LogP contribution in [-0.2, 0) is 16.1 Å². The normalized spacial score (nSPS) is 10.5. The second-order valence-electron chi connectivity index (χ2n) is 7.90. The third kappa shape index (κ3) is 5.61. The zero-order chi connectivity index (χ0) is 26.4. The van der Waals surface area contributed by atoms with Crippen LogP contribution in [0.1, 0.15) is 26.4 Å². The Hall–Kier alpha value is -4.27. The maximum Gasteiger partial charge on any atom is 0.275 e. The number of aldehydes is 2. The molecule has 0 spiro atoms. The third-order valence-electron chi connectivity index (χ3n) is 5.55. The lowest BCUT2D eigenvalue weighted by Crippen LogP contribution is -2.34. The molecule has 186 valence electrons. The van der Waals surface area contributed by atoms with Crippen LogP contribution in [0, 0.1) is 0 Å². The Morgan fingerprint density at radius 1 is 0.946 bits per heavy atom. The van der Waals surface area contributed by atoms with Gasteiger partial charge in [0.15, 0.2) is 11.5 Å². The van der Waals surface area contributed by atoms with E-state index in [0.717, 1.165) is 6.29 Å². The number of benzene rings is 3. The number of halogens is 2. The molecule has 0 bridgehead atoms. The van der Waals surface area contributed by atoms with E-state index in [-0.39, 0.29) is 24.6 Å². The van der Waals surface area contributed by atoms with E-state index in [1.807, 2.05) is 0 Å². The molecule has 1 N–H and O–H groups in total. The first-order valence-corrected chi connectivity index (χ1v) is 11.8. The van der Waals surface area contributed by atoms with E-state index < -0.39 is 5.91 Å². The highest BCUT2D eigenvalue weighted by Crippen LogP contribution is 2.34. The molecule has 0 unspecified atom stereocenters. The van der Waals surface area contributed by atoms with Gasteiger partial charge in [-0.1, -0.05) is 59.6 Å². The molecule has 37 heavy (non-hydrogen) atoms. The quantitative estimate of drug-likeness (QED) is 0.286. The molecule has 0 aliphatic carbocycles. The summed E-state index contributed by atoms with van der Waals surface area (Å²) in [6.07, 6.45) is 1.75. The van der Waals surface area contributed by atoms with Gasteiger partial charge in [0.2, 0.25) is 6.41 Å². The molecule has 2 amide bonds. The van der Waals surface area contributed by atoms with Gasteiger partial charge in [-0.15, -0.1) is 0 Å². The predicted molar refractivity (Wildman–Crippen MR) is 141 cm³/mol. The molecule has 0 aliphatic heterocycles. The minimum atomic E-state index is -0.559. The van der Waals surface area contributed by atoms with Crippen molar-refractivity contribution in [2.75, 3.05) is 11.9 Å². The largest absolute Gasteiger partial charge is 0.326 e. The topological polar surface area (TPSA) is 101 Å². The highest BCUT2D eigenvalue weighted by atomic mass is 35.5. The number of nitrogens with one attached hydrogen (secondary N) is 1. The van der Waals surface area contributed by atoms with Crippen LogP contribution in [0.5, 0.6) is 0 Å². The predicted octanol–water partition coefficient (Wildman–Crippen LogP) is 5.07. The first-order valence-electron chi connectivity index (χ1n) is 11.1. The fraction of sp³-hybridized carbons (Fsp3) is 0.0741. The average Bonchev–Trinajstić information content (AvgIpc) is 3.28. The fourth-order valence-corrected chi connectivity index (χ4v) is 4.17. The Morgan fingerprint density at radius 3 is 2.27 bits per heavy atom. The summed E-state index contributed by atoms with van der Waals surface area (Å²) < 4.78 is 1.57. The van der Waals surface area contributed by atoms with Crippen molar-refractivity contribution in [1.29, 1.82) is 0 Å². The zero-order valence-electron chi connectivity index (χ0n) is 19.3. The summed E-state index contributed by atoms with van der Waals surface area (Å²) in [6, 6.07) is 20.3. The van der Waals surface area contributed by atoms with E-state index in [2.05, 4.69) is 10.3 Å². The molecule has 0 saturated heterocycles. The van der Waals surface area contributed by atoms with Crippen molar-refractivity contribution in [3.05, 3.63) is 99.7 Å². The summed E-state index contributed by atoms with van der Waals surface area (Å²) in [7, 11) is 0. The maximum absolute atomic E-state index is 14.0. The van der Waals surface area contributed by atoms with Crippen LogP contribution in [0.4, 0.5) is 5.82 Å². The van der Waals surface area contributed by atoms with E-state index in [1.54, 1.807) is 77.4 Å². The number of carbonyl (C=O) groups excluding carboxylic acids is 4. The number of hydrogen-bond donors (Lipinski definition) is 1. The van der Waals surface area contributed by atoms with E-state index in [9.17, 15) is 19.2 Å². The van der Waals surface area contributed by atoms with Gasteiger partial charge >= 0.3 is 0 Å². The van der Waals surface area contributed by atoms with Gasteiger partial charge in [0.25, 0.3) is 5.91 Å². The number of anilines is 1. The summed E-state index contributed by atoms with van der Waals surface area (Å²) in [5.74, 6) is -0.254. The van der Waals surface area contributed by atoms with Crippen LogP contribution in [0.15, 0.2) is 72.8 Å². The number of carbonyl (C=O) groups is 4. The second kappa shape index (κ2) is 11.6. The van der Waals surface area contributed by atoms with Crippen molar-refractivity contribution in [1.82, 2.24) is 14.5 Å². The van der Waals surface area contributed by atoms with Gasteiger partial charge in [-0.3, -0.25) is 19.0 Å². The van der Waals surface area contributed by atoms with Gasteiger partial charge in [0.05, 0.1) is 11.6 Å². The lowest BCUT2D eigenvalue weighted by molar-refractivity contribution is -0.108.